The molecule has 0 aliphatic carbocycles. The maximum Gasteiger partial charge on any atom is 0.232 e. The Morgan fingerprint density at radius 3 is 2.64 bits per heavy atom. The zero-order chi connectivity index (χ0) is 25.3. The summed E-state index contributed by atoms with van der Waals surface area (Å²) in [6, 6.07) is 15.8. The molecule has 0 spiro atoms. The normalized spacial score (nSPS) is 14.2. The summed E-state index contributed by atoms with van der Waals surface area (Å²) in [5.41, 5.74) is 5.70. The van der Waals surface area contributed by atoms with Gasteiger partial charge in [-0.25, -0.2) is 13.4 Å². The van der Waals surface area contributed by atoms with Crippen LogP contribution in [0.1, 0.15) is 11.1 Å². The van der Waals surface area contributed by atoms with Crippen LogP contribution in [0.25, 0.3) is 11.0 Å². The minimum Gasteiger partial charge on any atom is -0.369 e. The van der Waals surface area contributed by atoms with E-state index in [1.807, 2.05) is 41.1 Å². The van der Waals surface area contributed by atoms with E-state index < -0.39 is 10.0 Å². The fourth-order valence-corrected chi connectivity index (χ4v) is 5.13. The summed E-state index contributed by atoms with van der Waals surface area (Å²) in [6.45, 7) is 6.63. The van der Waals surface area contributed by atoms with Crippen molar-refractivity contribution in [2.24, 2.45) is 0 Å². The van der Waals surface area contributed by atoms with Gasteiger partial charge in [0, 0.05) is 62.4 Å². The molecule has 2 aromatic heterocycles. The minimum atomic E-state index is -3.37. The molecule has 0 radical (unpaired) electrons. The van der Waals surface area contributed by atoms with Gasteiger partial charge in [-0.2, -0.15) is 4.98 Å². The highest BCUT2D eigenvalue weighted by Gasteiger charge is 2.17. The number of fused-ring (bicyclic) bond motifs is 1. The molecule has 0 amide bonds. The number of hydrogen-bond donors (Lipinski definition) is 2. The molecule has 0 unspecified atom stereocenters. The Hall–Kier alpha value is -3.63. The van der Waals surface area contributed by atoms with E-state index in [1.165, 1.54) is 21.8 Å². The second kappa shape index (κ2) is 9.79. The summed E-state index contributed by atoms with van der Waals surface area (Å²) in [7, 11) is -1.80. The van der Waals surface area contributed by atoms with Gasteiger partial charge >= 0.3 is 0 Å². The Bertz CT molecular complexity index is 1490. The number of rotatable bonds is 7. The van der Waals surface area contributed by atoms with E-state index in [-0.39, 0.29) is 0 Å². The third kappa shape index (κ3) is 5.00. The van der Waals surface area contributed by atoms with Gasteiger partial charge in [0.1, 0.15) is 5.65 Å². The van der Waals surface area contributed by atoms with Crippen LogP contribution in [0.3, 0.4) is 0 Å². The molecular formula is C26H31N7O2S. The second-order valence-electron chi connectivity index (χ2n) is 9.14. The number of aryl methyl sites for hydroxylation is 1. The van der Waals surface area contributed by atoms with Gasteiger partial charge in [0.2, 0.25) is 16.0 Å². The molecule has 1 aliphatic rings. The SMILES string of the molecule is Cc1cc(Nc2ncc3ccn(Cc4ccccc4N(C)S(C)(=O)=O)c3n2)ccc1N1CCNCC1. The first-order valence-electron chi connectivity index (χ1n) is 12.0. The van der Waals surface area contributed by atoms with Crippen molar-refractivity contribution in [3.8, 4) is 0 Å². The van der Waals surface area contributed by atoms with Crippen LogP contribution in [-0.4, -0.2) is 62.4 Å². The van der Waals surface area contributed by atoms with Gasteiger partial charge in [0.15, 0.2) is 0 Å². The smallest absolute Gasteiger partial charge is 0.232 e. The summed E-state index contributed by atoms with van der Waals surface area (Å²) in [5.74, 6) is 0.512. The zero-order valence-electron chi connectivity index (χ0n) is 20.8. The van der Waals surface area contributed by atoms with Crippen LogP contribution in [0.5, 0.6) is 0 Å². The Labute approximate surface area is 211 Å². The Morgan fingerprint density at radius 2 is 1.89 bits per heavy atom. The molecular weight excluding hydrogens is 474 g/mol. The third-order valence-corrected chi connectivity index (χ3v) is 7.77. The van der Waals surface area contributed by atoms with E-state index in [0.29, 0.717) is 18.2 Å². The van der Waals surface area contributed by atoms with Gasteiger partial charge in [-0.1, -0.05) is 18.2 Å². The molecule has 1 saturated heterocycles. The van der Waals surface area contributed by atoms with Crippen molar-refractivity contribution in [3.63, 3.8) is 0 Å². The predicted octanol–water partition coefficient (Wildman–Crippen LogP) is 3.34. The van der Waals surface area contributed by atoms with Crippen LogP contribution in [0.4, 0.5) is 23.0 Å². The first kappa shape index (κ1) is 24.1. The lowest BCUT2D eigenvalue weighted by Crippen LogP contribution is -2.43. The molecule has 9 nitrogen and oxygen atoms in total. The number of sulfonamides is 1. The van der Waals surface area contributed by atoms with Crippen LogP contribution in [0.15, 0.2) is 60.9 Å². The highest BCUT2D eigenvalue weighted by atomic mass is 32.2. The monoisotopic (exact) mass is 505 g/mol. The fraction of sp³-hybridized carbons (Fsp3) is 0.308. The van der Waals surface area contributed by atoms with Gasteiger partial charge < -0.3 is 20.1 Å². The number of hydrogen-bond acceptors (Lipinski definition) is 7. The average molecular weight is 506 g/mol. The molecule has 3 heterocycles. The summed E-state index contributed by atoms with van der Waals surface area (Å²) in [4.78, 5) is 11.7. The molecule has 5 rings (SSSR count). The molecule has 1 fully saturated rings. The molecule has 0 saturated carbocycles. The minimum absolute atomic E-state index is 0.481. The molecule has 1 aliphatic heterocycles. The number of nitrogens with one attached hydrogen (secondary N) is 2. The number of benzene rings is 2. The van der Waals surface area contributed by atoms with Crippen molar-refractivity contribution in [1.82, 2.24) is 19.9 Å². The van der Waals surface area contributed by atoms with Crippen molar-refractivity contribution in [3.05, 3.63) is 72.1 Å². The maximum absolute atomic E-state index is 12.1. The number of anilines is 4. The van der Waals surface area contributed by atoms with E-state index in [2.05, 4.69) is 45.6 Å². The molecule has 10 heteroatoms. The fourth-order valence-electron chi connectivity index (χ4n) is 4.60. The van der Waals surface area contributed by atoms with E-state index in [0.717, 1.165) is 48.5 Å². The lowest BCUT2D eigenvalue weighted by molar-refractivity contribution is 0.588. The third-order valence-electron chi connectivity index (χ3n) is 6.58. The lowest BCUT2D eigenvalue weighted by atomic mass is 10.1. The van der Waals surface area contributed by atoms with Crippen LogP contribution in [0, 0.1) is 6.92 Å². The van der Waals surface area contributed by atoms with E-state index in [4.69, 9.17) is 4.98 Å². The number of aromatic nitrogens is 3. The summed E-state index contributed by atoms with van der Waals surface area (Å²) in [5, 5.41) is 7.65. The van der Waals surface area contributed by atoms with Gasteiger partial charge in [-0.05, 0) is 48.4 Å². The molecule has 0 atom stereocenters. The second-order valence-corrected chi connectivity index (χ2v) is 11.2. The lowest BCUT2D eigenvalue weighted by Gasteiger charge is -2.30. The standard InChI is InChI=1S/C26H31N7O2S/c1-19-16-22(8-9-23(19)32-14-11-27-12-15-32)29-26-28-17-20-10-13-33(25(20)30-26)18-21-6-4-5-7-24(21)31(2)36(3,34)35/h4-10,13,16-17,27H,11-12,14-15,18H2,1-3H3,(H,28,29,30). The molecule has 2 N–H and O–H groups in total. The zero-order valence-corrected chi connectivity index (χ0v) is 21.6. The van der Waals surface area contributed by atoms with Crippen molar-refractivity contribution >= 4 is 44.1 Å². The van der Waals surface area contributed by atoms with Gasteiger partial charge in [-0.3, -0.25) is 4.31 Å². The van der Waals surface area contributed by atoms with Crippen LogP contribution >= 0.6 is 0 Å². The first-order valence-corrected chi connectivity index (χ1v) is 13.8. The van der Waals surface area contributed by atoms with Crippen molar-refractivity contribution in [2.45, 2.75) is 13.5 Å². The highest BCUT2D eigenvalue weighted by molar-refractivity contribution is 7.92. The highest BCUT2D eigenvalue weighted by Crippen LogP contribution is 2.27. The van der Waals surface area contributed by atoms with Crippen molar-refractivity contribution in [1.29, 1.82) is 0 Å². The van der Waals surface area contributed by atoms with Crippen LogP contribution < -0.4 is 19.8 Å². The van der Waals surface area contributed by atoms with Gasteiger partial charge in [-0.15, -0.1) is 0 Å². The number of para-hydroxylation sites is 1. The van der Waals surface area contributed by atoms with E-state index >= 15 is 0 Å². The quantitative estimate of drug-likeness (QED) is 0.398. The summed E-state index contributed by atoms with van der Waals surface area (Å²) < 4.78 is 27.6. The predicted molar refractivity (Wildman–Crippen MR) is 146 cm³/mol. The van der Waals surface area contributed by atoms with Crippen molar-refractivity contribution < 1.29 is 8.42 Å². The molecule has 2 aromatic carbocycles. The Balaban J connectivity index is 1.40. The topological polar surface area (TPSA) is 95.4 Å². The van der Waals surface area contributed by atoms with E-state index in [1.54, 1.807) is 13.2 Å². The number of piperazine rings is 1. The van der Waals surface area contributed by atoms with Crippen molar-refractivity contribution in [2.75, 3.05) is 54.0 Å². The van der Waals surface area contributed by atoms with E-state index in [9.17, 15) is 8.42 Å². The first-order chi connectivity index (χ1) is 17.3. The van der Waals surface area contributed by atoms with Gasteiger partial charge in [0.25, 0.3) is 0 Å². The van der Waals surface area contributed by atoms with Gasteiger partial charge in [0.05, 0.1) is 18.5 Å². The summed E-state index contributed by atoms with van der Waals surface area (Å²) >= 11 is 0. The van der Waals surface area contributed by atoms with Crippen LogP contribution in [0.2, 0.25) is 0 Å². The Morgan fingerprint density at radius 1 is 1.11 bits per heavy atom. The van der Waals surface area contributed by atoms with Crippen LogP contribution in [-0.2, 0) is 16.6 Å². The molecule has 0 bridgehead atoms. The Kier molecular flexibility index (Phi) is 6.55. The maximum atomic E-state index is 12.1. The molecule has 4 aromatic rings. The number of nitrogens with zero attached hydrogens (tertiary/aromatic N) is 5. The molecule has 36 heavy (non-hydrogen) atoms. The molecule has 188 valence electrons. The average Bonchev–Trinajstić information content (AvgIpc) is 3.26. The summed E-state index contributed by atoms with van der Waals surface area (Å²) in [6.07, 6.45) is 4.96. The largest absolute Gasteiger partial charge is 0.369 e.